The van der Waals surface area contributed by atoms with Crippen LogP contribution in [0.3, 0.4) is 0 Å². The highest BCUT2D eigenvalue weighted by molar-refractivity contribution is 7.89. The van der Waals surface area contributed by atoms with Gasteiger partial charge in [-0.3, -0.25) is 4.79 Å². The summed E-state index contributed by atoms with van der Waals surface area (Å²) in [7, 11) is -3.85. The van der Waals surface area contributed by atoms with Gasteiger partial charge in [0.25, 0.3) is 5.91 Å². The van der Waals surface area contributed by atoms with Crippen molar-refractivity contribution in [2.75, 3.05) is 13.1 Å². The van der Waals surface area contributed by atoms with Crippen LogP contribution in [-0.4, -0.2) is 49.8 Å². The number of carbonyl (C=O) groups is 2. The van der Waals surface area contributed by atoms with Crippen LogP contribution in [-0.2, 0) is 19.6 Å². The lowest BCUT2D eigenvalue weighted by molar-refractivity contribution is -0.129. The number of hydrogen-bond donors (Lipinski definition) is 1. The van der Waals surface area contributed by atoms with Gasteiger partial charge in [-0.15, -0.1) is 0 Å². The molecule has 1 fully saturated rings. The molecule has 1 atom stereocenters. The average molecular weight is 414 g/mol. The Hall–Kier alpha value is -2.00. The summed E-state index contributed by atoms with van der Waals surface area (Å²) in [6.07, 6.45) is 2.73. The summed E-state index contributed by atoms with van der Waals surface area (Å²) in [4.78, 5) is 24.3. The number of esters is 1. The van der Waals surface area contributed by atoms with Crippen LogP contribution in [0.1, 0.15) is 56.8 Å². The molecule has 0 aromatic heterocycles. The molecule has 0 radical (unpaired) electrons. The average Bonchev–Trinajstić information content (AvgIpc) is 3.15. The van der Waals surface area contributed by atoms with Gasteiger partial charge in [0.2, 0.25) is 10.0 Å². The van der Waals surface area contributed by atoms with E-state index >= 15 is 0 Å². The second-order valence-corrected chi connectivity index (χ2v) is 8.71. The Morgan fingerprint density at radius 1 is 1.25 bits per heavy atom. The van der Waals surface area contributed by atoms with Gasteiger partial charge in [0.05, 0.1) is 10.5 Å². The van der Waals surface area contributed by atoms with Crippen LogP contribution in [0.5, 0.6) is 0 Å². The molecular weight excluding hydrogens is 387 g/mol. The lowest BCUT2D eigenvalue weighted by atomic mass is 10.2. The highest BCUT2D eigenvalue weighted by atomic mass is 32.2. The van der Waals surface area contributed by atoms with E-state index in [0.29, 0.717) is 0 Å². The molecule has 0 unspecified atom stereocenters. The number of ether oxygens (including phenoxy) is 1. The quantitative estimate of drug-likeness (QED) is 0.660. The Labute approximate surface area is 165 Å². The predicted molar refractivity (Wildman–Crippen MR) is 102 cm³/mol. The molecule has 1 amide bonds. The van der Waals surface area contributed by atoms with Crippen molar-refractivity contribution in [1.82, 2.24) is 9.62 Å². The fourth-order valence-electron chi connectivity index (χ4n) is 3.20. The summed E-state index contributed by atoms with van der Waals surface area (Å²) in [5, 5.41) is 2.80. The van der Waals surface area contributed by atoms with Crippen molar-refractivity contribution in [2.45, 2.75) is 63.5 Å². The van der Waals surface area contributed by atoms with Gasteiger partial charge in [0, 0.05) is 19.1 Å². The Balaban J connectivity index is 2.15. The Kier molecular flexibility index (Phi) is 7.54. The molecule has 0 spiro atoms. The van der Waals surface area contributed by atoms with Gasteiger partial charge in [0.1, 0.15) is 5.82 Å². The Bertz CT molecular complexity index is 818. The van der Waals surface area contributed by atoms with Crippen LogP contribution in [0.15, 0.2) is 23.1 Å². The monoisotopic (exact) mass is 414 g/mol. The van der Waals surface area contributed by atoms with Crippen LogP contribution < -0.4 is 5.32 Å². The zero-order valence-corrected chi connectivity index (χ0v) is 17.2. The smallest absolute Gasteiger partial charge is 0.341 e. The molecule has 156 valence electrons. The maximum Gasteiger partial charge on any atom is 0.341 e. The van der Waals surface area contributed by atoms with Crippen LogP contribution in [0.2, 0.25) is 0 Å². The fourth-order valence-corrected chi connectivity index (χ4v) is 4.68. The number of sulfonamides is 1. The van der Waals surface area contributed by atoms with E-state index in [2.05, 4.69) is 5.32 Å². The Morgan fingerprint density at radius 2 is 1.86 bits per heavy atom. The predicted octanol–water partition coefficient (Wildman–Crippen LogP) is 2.46. The number of halogens is 1. The molecule has 1 aliphatic carbocycles. The topological polar surface area (TPSA) is 92.8 Å². The standard InChI is InChI=1S/C19H27FN2O5S/c1-4-22(5-2)28(25,26)15-10-11-17(20)16(12-15)19(24)27-13(3)18(23)21-14-8-6-7-9-14/h10-14H,4-9H2,1-3H3,(H,21,23)/t13-/m1/s1. The van der Waals surface area contributed by atoms with E-state index in [9.17, 15) is 22.4 Å². The van der Waals surface area contributed by atoms with Crippen LogP contribution >= 0.6 is 0 Å². The molecule has 1 N–H and O–H groups in total. The lowest BCUT2D eigenvalue weighted by Gasteiger charge is -2.19. The number of hydrogen-bond acceptors (Lipinski definition) is 5. The molecule has 1 aliphatic rings. The first-order valence-electron chi connectivity index (χ1n) is 9.51. The molecule has 1 saturated carbocycles. The third-order valence-corrected chi connectivity index (χ3v) is 6.90. The summed E-state index contributed by atoms with van der Waals surface area (Å²) in [5.41, 5.74) is -0.520. The first-order valence-corrected chi connectivity index (χ1v) is 11.0. The molecule has 0 aliphatic heterocycles. The zero-order valence-electron chi connectivity index (χ0n) is 16.4. The van der Waals surface area contributed by atoms with Crippen molar-refractivity contribution in [3.05, 3.63) is 29.6 Å². The van der Waals surface area contributed by atoms with E-state index in [0.717, 1.165) is 43.9 Å². The first kappa shape index (κ1) is 22.3. The highest BCUT2D eigenvalue weighted by Crippen LogP contribution is 2.21. The summed E-state index contributed by atoms with van der Waals surface area (Å²) in [6.45, 7) is 5.26. The molecule has 0 bridgehead atoms. The molecule has 9 heteroatoms. The van der Waals surface area contributed by atoms with Crippen molar-refractivity contribution >= 4 is 21.9 Å². The van der Waals surface area contributed by atoms with Crippen molar-refractivity contribution in [1.29, 1.82) is 0 Å². The molecular formula is C19H27FN2O5S. The van der Waals surface area contributed by atoms with Gasteiger partial charge in [-0.2, -0.15) is 4.31 Å². The summed E-state index contributed by atoms with van der Waals surface area (Å²) in [5.74, 6) is -2.44. The first-order chi connectivity index (χ1) is 13.2. The van der Waals surface area contributed by atoms with E-state index in [1.165, 1.54) is 11.2 Å². The summed E-state index contributed by atoms with van der Waals surface area (Å²) in [6, 6.07) is 3.03. The molecule has 2 rings (SSSR count). The normalized spacial score (nSPS) is 16.2. The van der Waals surface area contributed by atoms with E-state index < -0.39 is 39.4 Å². The molecule has 1 aromatic carbocycles. The van der Waals surface area contributed by atoms with Gasteiger partial charge in [-0.1, -0.05) is 26.7 Å². The third kappa shape index (κ3) is 5.08. The van der Waals surface area contributed by atoms with Crippen LogP contribution in [0, 0.1) is 5.82 Å². The van der Waals surface area contributed by atoms with E-state index in [1.807, 2.05) is 0 Å². The van der Waals surface area contributed by atoms with E-state index in [4.69, 9.17) is 4.74 Å². The number of nitrogens with one attached hydrogen (secondary N) is 1. The maximum absolute atomic E-state index is 14.1. The largest absolute Gasteiger partial charge is 0.449 e. The molecule has 28 heavy (non-hydrogen) atoms. The van der Waals surface area contributed by atoms with Gasteiger partial charge >= 0.3 is 5.97 Å². The molecule has 7 nitrogen and oxygen atoms in total. The van der Waals surface area contributed by atoms with E-state index in [-0.39, 0.29) is 24.0 Å². The molecule has 1 aromatic rings. The van der Waals surface area contributed by atoms with Crippen molar-refractivity contribution in [3.63, 3.8) is 0 Å². The molecule has 0 saturated heterocycles. The minimum Gasteiger partial charge on any atom is -0.449 e. The highest BCUT2D eigenvalue weighted by Gasteiger charge is 2.27. The second kappa shape index (κ2) is 9.47. The third-order valence-electron chi connectivity index (χ3n) is 4.86. The zero-order chi connectivity index (χ0) is 20.9. The number of amides is 1. The Morgan fingerprint density at radius 3 is 2.43 bits per heavy atom. The van der Waals surface area contributed by atoms with Gasteiger partial charge in [0.15, 0.2) is 6.10 Å². The molecule has 0 heterocycles. The van der Waals surface area contributed by atoms with Crippen molar-refractivity contribution < 1.29 is 27.1 Å². The van der Waals surface area contributed by atoms with Gasteiger partial charge < -0.3 is 10.1 Å². The second-order valence-electron chi connectivity index (χ2n) is 6.77. The number of benzene rings is 1. The van der Waals surface area contributed by atoms with Crippen LogP contribution in [0.25, 0.3) is 0 Å². The lowest BCUT2D eigenvalue weighted by Crippen LogP contribution is -2.41. The van der Waals surface area contributed by atoms with E-state index in [1.54, 1.807) is 13.8 Å². The summed E-state index contributed by atoms with van der Waals surface area (Å²) < 4.78 is 45.6. The van der Waals surface area contributed by atoms with Gasteiger partial charge in [-0.25, -0.2) is 17.6 Å². The number of carbonyl (C=O) groups excluding carboxylic acids is 2. The van der Waals surface area contributed by atoms with Crippen LogP contribution in [0.4, 0.5) is 4.39 Å². The minimum absolute atomic E-state index is 0.0629. The number of rotatable bonds is 8. The maximum atomic E-state index is 14.1. The van der Waals surface area contributed by atoms with Crippen molar-refractivity contribution in [2.24, 2.45) is 0 Å². The summed E-state index contributed by atoms with van der Waals surface area (Å²) >= 11 is 0. The fraction of sp³-hybridized carbons (Fsp3) is 0.579. The number of nitrogens with zero attached hydrogens (tertiary/aromatic N) is 1. The van der Waals surface area contributed by atoms with Gasteiger partial charge in [-0.05, 0) is 38.0 Å². The SMILES string of the molecule is CCN(CC)S(=O)(=O)c1ccc(F)c(C(=O)O[C@H](C)C(=O)NC2CCCC2)c1. The minimum atomic E-state index is -3.85. The van der Waals surface area contributed by atoms with Crippen molar-refractivity contribution in [3.8, 4) is 0 Å².